The van der Waals surface area contributed by atoms with E-state index in [2.05, 4.69) is 16.4 Å². The molecule has 2 aromatic rings. The Balaban J connectivity index is 2.06. The number of nitro groups is 1. The van der Waals surface area contributed by atoms with Crippen molar-refractivity contribution in [3.63, 3.8) is 0 Å². The van der Waals surface area contributed by atoms with Crippen molar-refractivity contribution in [2.45, 2.75) is 4.90 Å². The van der Waals surface area contributed by atoms with Gasteiger partial charge in [-0.15, -0.1) is 0 Å². The van der Waals surface area contributed by atoms with Crippen LogP contribution in [0.1, 0.15) is 5.56 Å². The highest BCUT2D eigenvalue weighted by molar-refractivity contribution is 7.95. The molecule has 1 atom stereocenters. The molecule has 0 aliphatic carbocycles. The summed E-state index contributed by atoms with van der Waals surface area (Å²) in [5.74, 6) is 3.17. The Morgan fingerprint density at radius 2 is 1.95 bits per heavy atom. The lowest BCUT2D eigenvalue weighted by atomic mass is 10.2. The summed E-state index contributed by atoms with van der Waals surface area (Å²) in [6.45, 7) is 0. The molecule has 2 aromatic carbocycles. The molecule has 0 spiro atoms. The summed E-state index contributed by atoms with van der Waals surface area (Å²) in [7, 11) is -3.23. The minimum absolute atomic E-state index is 0.0125. The molecule has 2 N–H and O–H groups in total. The smallest absolute Gasteiger partial charge is 0.270 e. The number of benzene rings is 2. The van der Waals surface area contributed by atoms with Crippen molar-refractivity contribution in [1.29, 1.82) is 0 Å². The van der Waals surface area contributed by atoms with Crippen molar-refractivity contribution in [2.24, 2.45) is 5.10 Å². The molecule has 22 heavy (non-hydrogen) atoms. The molecule has 0 heterocycles. The van der Waals surface area contributed by atoms with Crippen LogP contribution in [0, 0.1) is 10.1 Å². The number of anilines is 1. The fraction of sp³-hybridized carbons (Fsp3) is 0. The molecular formula is C14H13N3O4S. The SMILES string of the molecule is C=S(=O)(O)c1ccc(N/N=C/c2cccc([N+](=O)[O-])c2)cc1. The van der Waals surface area contributed by atoms with Crippen LogP contribution in [-0.4, -0.2) is 25.8 Å². The Morgan fingerprint density at radius 1 is 1.27 bits per heavy atom. The Bertz CT molecular complexity index is 814. The molecule has 0 amide bonds. The highest BCUT2D eigenvalue weighted by atomic mass is 32.2. The van der Waals surface area contributed by atoms with Crippen LogP contribution in [0.3, 0.4) is 0 Å². The van der Waals surface area contributed by atoms with E-state index in [1.807, 2.05) is 0 Å². The fourth-order valence-electron chi connectivity index (χ4n) is 1.64. The van der Waals surface area contributed by atoms with Gasteiger partial charge in [0.15, 0.2) is 0 Å². The van der Waals surface area contributed by atoms with Gasteiger partial charge in [0.25, 0.3) is 5.69 Å². The number of rotatable bonds is 5. The van der Waals surface area contributed by atoms with Gasteiger partial charge in [-0.2, -0.15) is 5.10 Å². The molecule has 2 rings (SSSR count). The Kier molecular flexibility index (Phi) is 4.54. The van der Waals surface area contributed by atoms with Crippen LogP contribution >= 0.6 is 0 Å². The monoisotopic (exact) mass is 319 g/mol. The summed E-state index contributed by atoms with van der Waals surface area (Å²) in [6, 6.07) is 12.2. The summed E-state index contributed by atoms with van der Waals surface area (Å²) in [6.07, 6.45) is 1.44. The van der Waals surface area contributed by atoms with Crippen LogP contribution in [0.2, 0.25) is 0 Å². The average molecular weight is 319 g/mol. The number of hydrazone groups is 1. The highest BCUT2D eigenvalue weighted by Crippen LogP contribution is 2.14. The Labute approximate surface area is 127 Å². The Hall–Kier alpha value is -2.71. The van der Waals surface area contributed by atoms with Gasteiger partial charge in [0.1, 0.15) is 9.80 Å². The lowest BCUT2D eigenvalue weighted by molar-refractivity contribution is -0.384. The van der Waals surface area contributed by atoms with Crippen LogP contribution in [0.15, 0.2) is 58.5 Å². The zero-order valence-corrected chi connectivity index (χ0v) is 12.2. The second-order valence-electron chi connectivity index (χ2n) is 4.39. The standard InChI is InChI=1S/C14H13N3O4S/c1-22(20,21)14-7-5-12(6-8-14)16-15-10-11-3-2-4-13(9-11)17(18)19/h2-10,16H,1H2,(H,20,21)/b15-10+. The maximum Gasteiger partial charge on any atom is 0.270 e. The van der Waals surface area contributed by atoms with Crippen molar-refractivity contribution in [3.8, 4) is 0 Å². The molecule has 0 aromatic heterocycles. The minimum atomic E-state index is -3.23. The van der Waals surface area contributed by atoms with E-state index in [1.165, 1.54) is 30.5 Å². The van der Waals surface area contributed by atoms with Crippen molar-refractivity contribution in [1.82, 2.24) is 0 Å². The van der Waals surface area contributed by atoms with E-state index in [-0.39, 0.29) is 10.6 Å². The van der Waals surface area contributed by atoms with Gasteiger partial charge in [0, 0.05) is 17.7 Å². The van der Waals surface area contributed by atoms with Crippen molar-refractivity contribution in [2.75, 3.05) is 5.43 Å². The zero-order valence-electron chi connectivity index (χ0n) is 11.4. The van der Waals surface area contributed by atoms with Gasteiger partial charge < -0.3 is 4.55 Å². The fourth-order valence-corrected chi connectivity index (χ4v) is 2.20. The molecule has 0 saturated carbocycles. The van der Waals surface area contributed by atoms with Crippen LogP contribution in [0.25, 0.3) is 0 Å². The summed E-state index contributed by atoms with van der Waals surface area (Å²) < 4.78 is 20.6. The summed E-state index contributed by atoms with van der Waals surface area (Å²) in [4.78, 5) is 10.4. The second-order valence-corrected chi connectivity index (χ2v) is 6.14. The second kappa shape index (κ2) is 6.37. The van der Waals surface area contributed by atoms with Crippen LogP contribution in [0.5, 0.6) is 0 Å². The molecule has 0 saturated heterocycles. The van der Waals surface area contributed by atoms with E-state index in [4.69, 9.17) is 0 Å². The van der Waals surface area contributed by atoms with Crippen LogP contribution in [-0.2, 0) is 9.80 Å². The number of nitrogens with zero attached hydrogens (tertiary/aromatic N) is 2. The lowest BCUT2D eigenvalue weighted by Gasteiger charge is -2.03. The minimum Gasteiger partial charge on any atom is -0.310 e. The quantitative estimate of drug-likeness (QED) is 0.381. The van der Waals surface area contributed by atoms with Crippen LogP contribution < -0.4 is 5.43 Å². The Morgan fingerprint density at radius 3 is 2.55 bits per heavy atom. The van der Waals surface area contributed by atoms with Gasteiger partial charge in [0.05, 0.1) is 21.7 Å². The third-order valence-corrected chi connectivity index (χ3v) is 3.72. The molecule has 7 nitrogen and oxygen atoms in total. The first-order chi connectivity index (χ1) is 10.4. The summed E-state index contributed by atoms with van der Waals surface area (Å²) in [5.41, 5.74) is 3.90. The lowest BCUT2D eigenvalue weighted by Crippen LogP contribution is -1.98. The maximum absolute atomic E-state index is 11.3. The molecule has 0 fully saturated rings. The average Bonchev–Trinajstić information content (AvgIpc) is 2.47. The van der Waals surface area contributed by atoms with Crippen LogP contribution in [0.4, 0.5) is 11.4 Å². The van der Waals surface area contributed by atoms with Gasteiger partial charge in [-0.1, -0.05) is 12.1 Å². The van der Waals surface area contributed by atoms with Gasteiger partial charge in [-0.3, -0.25) is 15.5 Å². The van der Waals surface area contributed by atoms with E-state index in [0.717, 1.165) is 0 Å². The van der Waals surface area contributed by atoms with Gasteiger partial charge >= 0.3 is 0 Å². The number of nitrogens with one attached hydrogen (secondary N) is 1. The maximum atomic E-state index is 11.3. The molecule has 1 unspecified atom stereocenters. The molecule has 0 bridgehead atoms. The number of hydrogen-bond acceptors (Lipinski definition) is 5. The largest absolute Gasteiger partial charge is 0.310 e. The summed E-state index contributed by atoms with van der Waals surface area (Å²) >= 11 is 0. The number of hydrogen-bond donors (Lipinski definition) is 2. The highest BCUT2D eigenvalue weighted by Gasteiger charge is 2.04. The van der Waals surface area contributed by atoms with E-state index in [9.17, 15) is 18.9 Å². The molecule has 0 aliphatic heterocycles. The van der Waals surface area contributed by atoms with Gasteiger partial charge in [-0.25, -0.2) is 4.21 Å². The number of non-ortho nitro benzene ring substituents is 1. The first-order valence-corrected chi connectivity index (χ1v) is 7.78. The first kappa shape index (κ1) is 15.7. The molecule has 0 aliphatic rings. The third kappa shape index (κ3) is 4.14. The van der Waals surface area contributed by atoms with Gasteiger partial charge in [-0.05, 0) is 30.1 Å². The number of nitro benzene ring substituents is 1. The summed E-state index contributed by atoms with van der Waals surface area (Å²) in [5, 5.41) is 14.6. The van der Waals surface area contributed by atoms with Crippen molar-refractivity contribution < 1.29 is 13.7 Å². The van der Waals surface area contributed by atoms with E-state index >= 15 is 0 Å². The zero-order chi connectivity index (χ0) is 16.2. The molecule has 8 heteroatoms. The molecule has 114 valence electrons. The molecular weight excluding hydrogens is 306 g/mol. The van der Waals surface area contributed by atoms with Crippen molar-refractivity contribution in [3.05, 3.63) is 64.2 Å². The van der Waals surface area contributed by atoms with E-state index < -0.39 is 14.7 Å². The topological polar surface area (TPSA) is 105 Å². The van der Waals surface area contributed by atoms with Gasteiger partial charge in [0.2, 0.25) is 0 Å². The normalized spacial score (nSPS) is 13.7. The van der Waals surface area contributed by atoms with Crippen molar-refractivity contribution >= 4 is 33.3 Å². The van der Waals surface area contributed by atoms with E-state index in [0.29, 0.717) is 11.3 Å². The predicted molar refractivity (Wildman–Crippen MR) is 86.9 cm³/mol. The molecule has 0 radical (unpaired) electrons. The van der Waals surface area contributed by atoms with E-state index in [1.54, 1.807) is 24.3 Å². The third-order valence-electron chi connectivity index (χ3n) is 2.71. The predicted octanol–water partition coefficient (Wildman–Crippen LogP) is 2.59. The first-order valence-electron chi connectivity index (χ1n) is 6.09.